The highest BCUT2D eigenvalue weighted by Gasteiger charge is 2.47. The third kappa shape index (κ3) is 7.51. The van der Waals surface area contributed by atoms with Gasteiger partial charge in [0, 0.05) is 6.04 Å². The van der Waals surface area contributed by atoms with Crippen LogP contribution in [0, 0.1) is 0 Å². The summed E-state index contributed by atoms with van der Waals surface area (Å²) in [6, 6.07) is 9.53. The van der Waals surface area contributed by atoms with Gasteiger partial charge in [0.15, 0.2) is 5.75 Å². The van der Waals surface area contributed by atoms with Crippen LogP contribution in [0.2, 0.25) is 36.3 Å². The van der Waals surface area contributed by atoms with E-state index < -0.39 is 28.6 Å². The Hall–Kier alpha value is -2.53. The van der Waals surface area contributed by atoms with Crippen LogP contribution in [0.15, 0.2) is 30.3 Å². The van der Waals surface area contributed by atoms with Crippen molar-refractivity contribution in [1.82, 2.24) is 4.57 Å². The van der Waals surface area contributed by atoms with Gasteiger partial charge in [0.1, 0.15) is 17.9 Å². The van der Waals surface area contributed by atoms with Gasteiger partial charge in [0.2, 0.25) is 5.88 Å². The molecule has 1 saturated carbocycles. The van der Waals surface area contributed by atoms with Gasteiger partial charge >= 0.3 is 11.9 Å². The molecule has 0 spiro atoms. The Morgan fingerprint density at radius 3 is 1.88 bits per heavy atom. The molecule has 42 heavy (non-hydrogen) atoms. The monoisotopic (exact) mass is 615 g/mol. The minimum Gasteiger partial charge on any atom is -0.539 e. The predicted octanol–water partition coefficient (Wildman–Crippen LogP) is 9.29. The average molecular weight is 616 g/mol. The summed E-state index contributed by atoms with van der Waals surface area (Å²) in [6.45, 7) is 23.7. The van der Waals surface area contributed by atoms with Gasteiger partial charge in [-0.15, -0.1) is 0 Å². The van der Waals surface area contributed by atoms with E-state index in [1.165, 1.54) is 0 Å². The molecule has 9 heteroatoms. The first kappa shape index (κ1) is 34.0. The zero-order chi connectivity index (χ0) is 31.5. The molecule has 0 unspecified atom stereocenters. The number of carbonyl (C=O) groups excluding carboxylic acids is 2. The maximum absolute atomic E-state index is 14.2. The van der Waals surface area contributed by atoms with E-state index in [9.17, 15) is 9.59 Å². The number of hydrogen-bond donors (Lipinski definition) is 0. The average Bonchev–Trinajstić information content (AvgIpc) is 3.19. The van der Waals surface area contributed by atoms with E-state index in [1.807, 2.05) is 34.9 Å². The third-order valence-corrected chi connectivity index (χ3v) is 17.9. The minimum absolute atomic E-state index is 0.0182. The molecule has 0 saturated heterocycles. The normalized spacial score (nSPS) is 15.3. The van der Waals surface area contributed by atoms with Crippen LogP contribution in [-0.2, 0) is 16.1 Å². The molecule has 1 aromatic heterocycles. The number of benzene rings is 1. The number of aromatic nitrogens is 1. The summed E-state index contributed by atoms with van der Waals surface area (Å²) in [4.78, 5) is 28.0. The smallest absolute Gasteiger partial charge is 0.356 e. The molecule has 0 amide bonds. The van der Waals surface area contributed by atoms with Crippen molar-refractivity contribution >= 4 is 28.6 Å². The van der Waals surface area contributed by atoms with Crippen molar-refractivity contribution < 1.29 is 27.9 Å². The van der Waals surface area contributed by atoms with Crippen molar-refractivity contribution in [2.75, 3.05) is 6.61 Å². The Labute approximate surface area is 255 Å². The summed E-state index contributed by atoms with van der Waals surface area (Å²) in [5.74, 6) is -0.351. The van der Waals surface area contributed by atoms with Crippen LogP contribution in [0.1, 0.15) is 113 Å². The van der Waals surface area contributed by atoms with Gasteiger partial charge in [-0.2, -0.15) is 0 Å². The first-order valence-electron chi connectivity index (χ1n) is 15.5. The Bertz CT molecular complexity index is 1230. The quantitative estimate of drug-likeness (QED) is 0.196. The molecule has 2 aromatic rings. The van der Waals surface area contributed by atoms with Gasteiger partial charge in [-0.3, -0.25) is 0 Å². The number of rotatable bonds is 10. The molecular formula is C33H53NO6Si2. The number of ether oxygens (including phenoxy) is 2. The van der Waals surface area contributed by atoms with Crippen LogP contribution in [0.4, 0.5) is 0 Å². The van der Waals surface area contributed by atoms with E-state index in [0.29, 0.717) is 11.6 Å². The summed E-state index contributed by atoms with van der Waals surface area (Å²) in [7, 11) is -4.96. The second-order valence-corrected chi connectivity index (χ2v) is 24.0. The van der Waals surface area contributed by atoms with Crippen LogP contribution in [-0.4, -0.2) is 39.7 Å². The van der Waals surface area contributed by atoms with E-state index in [-0.39, 0.29) is 40.6 Å². The lowest BCUT2D eigenvalue weighted by Gasteiger charge is -2.40. The first-order chi connectivity index (χ1) is 19.4. The lowest BCUT2D eigenvalue weighted by molar-refractivity contribution is 0.0436. The summed E-state index contributed by atoms with van der Waals surface area (Å²) in [5, 5.41) is -0.287. The van der Waals surface area contributed by atoms with Crippen LogP contribution >= 0.6 is 0 Å². The highest BCUT2D eigenvalue weighted by Crippen LogP contribution is 2.50. The molecule has 0 atom stereocenters. The van der Waals surface area contributed by atoms with Crippen molar-refractivity contribution in [1.29, 1.82) is 0 Å². The number of carbonyl (C=O) groups is 2. The van der Waals surface area contributed by atoms with E-state index in [1.54, 1.807) is 6.92 Å². The molecule has 1 heterocycles. The van der Waals surface area contributed by atoms with Crippen molar-refractivity contribution in [2.24, 2.45) is 0 Å². The van der Waals surface area contributed by atoms with Crippen LogP contribution in [0.5, 0.6) is 11.6 Å². The van der Waals surface area contributed by atoms with E-state index >= 15 is 0 Å². The molecule has 0 radical (unpaired) electrons. The van der Waals surface area contributed by atoms with Gasteiger partial charge in [-0.1, -0.05) is 91.1 Å². The van der Waals surface area contributed by atoms with Gasteiger partial charge in [0.25, 0.3) is 16.6 Å². The topological polar surface area (TPSA) is 76.0 Å². The zero-order valence-corrected chi connectivity index (χ0v) is 29.8. The summed E-state index contributed by atoms with van der Waals surface area (Å²) in [6.07, 6.45) is 4.98. The van der Waals surface area contributed by atoms with Crippen molar-refractivity contribution in [2.45, 2.75) is 129 Å². The van der Waals surface area contributed by atoms with Crippen molar-refractivity contribution in [3.63, 3.8) is 0 Å². The molecule has 7 nitrogen and oxygen atoms in total. The minimum atomic E-state index is -2.51. The SMILES string of the molecule is CCOC(=O)c1c(C(=O)OCc2ccccc2)c(O[Si](C)(C)C(C)(C)C)c(O[Si](C)(C)C(C)(C)C)n1C1CCCCC1. The molecule has 3 rings (SSSR count). The lowest BCUT2D eigenvalue weighted by Crippen LogP contribution is -2.46. The molecule has 1 aromatic carbocycles. The Balaban J connectivity index is 2.36. The Kier molecular flexibility index (Phi) is 10.5. The fraction of sp³-hybridized carbons (Fsp3) is 0.636. The molecule has 1 fully saturated rings. The standard InChI is InChI=1S/C33H53NO6Si2/c1-12-37-31(36)27-26(30(35)38-23-24-19-15-13-16-20-24)28(39-41(8,9)32(2,3)4)29(40-42(10,11)33(5,6)7)34(27)25-21-17-14-18-22-25/h13,15-16,19-20,25H,12,14,17-18,21-23H2,1-11H3. The maximum Gasteiger partial charge on any atom is 0.356 e. The number of hydrogen-bond acceptors (Lipinski definition) is 6. The molecule has 1 aliphatic carbocycles. The summed E-state index contributed by atoms with van der Waals surface area (Å²) in [5.41, 5.74) is 1.16. The predicted molar refractivity (Wildman–Crippen MR) is 174 cm³/mol. The second kappa shape index (κ2) is 13.0. The van der Waals surface area contributed by atoms with Gasteiger partial charge < -0.3 is 22.9 Å². The van der Waals surface area contributed by atoms with E-state index in [0.717, 1.165) is 37.7 Å². The molecule has 1 aliphatic rings. The van der Waals surface area contributed by atoms with Crippen LogP contribution in [0.3, 0.4) is 0 Å². The second-order valence-electron chi connectivity index (χ2n) is 14.5. The molecule has 234 valence electrons. The largest absolute Gasteiger partial charge is 0.539 e. The highest BCUT2D eigenvalue weighted by molar-refractivity contribution is 6.75. The van der Waals surface area contributed by atoms with Crippen LogP contribution in [0.25, 0.3) is 0 Å². The Morgan fingerprint density at radius 1 is 0.810 bits per heavy atom. The zero-order valence-electron chi connectivity index (χ0n) is 27.8. The maximum atomic E-state index is 14.2. The van der Waals surface area contributed by atoms with Gasteiger partial charge in [-0.25, -0.2) is 9.59 Å². The van der Waals surface area contributed by atoms with Gasteiger partial charge in [-0.05, 0) is 61.6 Å². The molecule has 0 aliphatic heterocycles. The van der Waals surface area contributed by atoms with E-state index in [4.69, 9.17) is 18.3 Å². The summed E-state index contributed by atoms with van der Waals surface area (Å²) < 4.78 is 27.6. The lowest BCUT2D eigenvalue weighted by atomic mass is 9.95. The fourth-order valence-electron chi connectivity index (χ4n) is 4.61. The van der Waals surface area contributed by atoms with Crippen LogP contribution < -0.4 is 8.85 Å². The third-order valence-electron chi connectivity index (χ3n) is 9.26. The van der Waals surface area contributed by atoms with Crippen molar-refractivity contribution in [3.8, 4) is 11.6 Å². The highest BCUT2D eigenvalue weighted by atomic mass is 28.4. The first-order valence-corrected chi connectivity index (χ1v) is 21.3. The number of nitrogens with zero attached hydrogens (tertiary/aromatic N) is 1. The molecule has 0 N–H and O–H groups in total. The number of esters is 2. The molecule has 0 bridgehead atoms. The van der Waals surface area contributed by atoms with E-state index in [2.05, 4.69) is 67.7 Å². The van der Waals surface area contributed by atoms with Crippen molar-refractivity contribution in [3.05, 3.63) is 47.2 Å². The fourth-order valence-corrected chi connectivity index (χ4v) is 6.60. The van der Waals surface area contributed by atoms with Gasteiger partial charge in [0.05, 0.1) is 6.61 Å². The summed E-state index contributed by atoms with van der Waals surface area (Å²) >= 11 is 0. The Morgan fingerprint density at radius 2 is 1.36 bits per heavy atom. The molecular weight excluding hydrogens is 563 g/mol.